The van der Waals surface area contributed by atoms with Crippen molar-refractivity contribution in [1.82, 2.24) is 15.5 Å². The van der Waals surface area contributed by atoms with Crippen molar-refractivity contribution in [2.45, 2.75) is 13.5 Å². The van der Waals surface area contributed by atoms with E-state index in [4.69, 9.17) is 0 Å². The van der Waals surface area contributed by atoms with E-state index in [-0.39, 0.29) is 24.0 Å². The number of benzene rings is 2. The van der Waals surface area contributed by atoms with E-state index < -0.39 is 0 Å². The lowest BCUT2D eigenvalue weighted by atomic mass is 10.1. The first-order valence-electron chi connectivity index (χ1n) is 8.09. The summed E-state index contributed by atoms with van der Waals surface area (Å²) in [5, 5.41) is 12.7. The van der Waals surface area contributed by atoms with Gasteiger partial charge in [-0.25, -0.2) is 4.39 Å². The van der Waals surface area contributed by atoms with Gasteiger partial charge in [0.25, 0.3) is 5.91 Å². The Morgan fingerprint density at radius 2 is 1.88 bits per heavy atom. The minimum absolute atomic E-state index is 0.225. The third-order valence-electron chi connectivity index (χ3n) is 4.06. The molecule has 25 heavy (non-hydrogen) atoms. The van der Waals surface area contributed by atoms with Crippen molar-refractivity contribution in [2.75, 3.05) is 18.5 Å². The summed E-state index contributed by atoms with van der Waals surface area (Å²) in [6.07, 6.45) is 0. The van der Waals surface area contributed by atoms with Gasteiger partial charge < -0.3 is 10.2 Å². The number of hydrogen-bond donors (Lipinski definition) is 1. The zero-order chi connectivity index (χ0) is 17.8. The Kier molecular flexibility index (Phi) is 4.88. The molecule has 0 aliphatic carbocycles. The molecule has 0 spiro atoms. The Balaban J connectivity index is 1.89. The molecule has 0 unspecified atom stereocenters. The molecule has 0 aliphatic rings. The van der Waals surface area contributed by atoms with Crippen molar-refractivity contribution in [2.24, 2.45) is 0 Å². The van der Waals surface area contributed by atoms with Crippen LogP contribution in [-0.4, -0.2) is 29.7 Å². The van der Waals surface area contributed by atoms with Crippen molar-refractivity contribution in [3.05, 3.63) is 65.6 Å². The van der Waals surface area contributed by atoms with Gasteiger partial charge in [0.2, 0.25) is 0 Å². The first-order valence-corrected chi connectivity index (χ1v) is 8.09. The molecule has 0 saturated carbocycles. The molecule has 1 N–H and O–H groups in total. The fourth-order valence-corrected chi connectivity index (χ4v) is 2.60. The lowest BCUT2D eigenvalue weighted by Crippen LogP contribution is -2.25. The molecular formula is C19H19FN4O. The maximum atomic E-state index is 13.2. The first kappa shape index (κ1) is 16.8. The van der Waals surface area contributed by atoms with Gasteiger partial charge in [0.05, 0.1) is 0 Å². The van der Waals surface area contributed by atoms with E-state index in [9.17, 15) is 9.18 Å². The number of nitrogens with zero attached hydrogens (tertiary/aromatic N) is 3. The van der Waals surface area contributed by atoms with Gasteiger partial charge in [0.1, 0.15) is 5.82 Å². The van der Waals surface area contributed by atoms with Crippen molar-refractivity contribution >= 4 is 22.5 Å². The van der Waals surface area contributed by atoms with E-state index in [1.54, 1.807) is 12.1 Å². The predicted molar refractivity (Wildman–Crippen MR) is 96.1 cm³/mol. The SMILES string of the molecule is CCN(C)c1nnc(C(=O)NCc2cccc(F)c2)c2ccccc12. The summed E-state index contributed by atoms with van der Waals surface area (Å²) < 4.78 is 13.2. The van der Waals surface area contributed by atoms with Gasteiger partial charge in [-0.05, 0) is 24.6 Å². The summed E-state index contributed by atoms with van der Waals surface area (Å²) in [5.41, 5.74) is 0.952. The molecule has 2 aromatic carbocycles. The minimum atomic E-state index is -0.335. The van der Waals surface area contributed by atoms with Crippen LogP contribution in [0.3, 0.4) is 0 Å². The average molecular weight is 338 g/mol. The van der Waals surface area contributed by atoms with Crippen LogP contribution >= 0.6 is 0 Å². The average Bonchev–Trinajstić information content (AvgIpc) is 2.64. The predicted octanol–water partition coefficient (Wildman–Crippen LogP) is 3.16. The Morgan fingerprint density at radius 3 is 2.60 bits per heavy atom. The Morgan fingerprint density at radius 1 is 1.12 bits per heavy atom. The summed E-state index contributed by atoms with van der Waals surface area (Å²) in [6.45, 7) is 3.03. The largest absolute Gasteiger partial charge is 0.358 e. The second-order valence-electron chi connectivity index (χ2n) is 5.74. The molecule has 0 fully saturated rings. The molecule has 5 nitrogen and oxygen atoms in total. The normalized spacial score (nSPS) is 10.7. The molecule has 0 radical (unpaired) electrons. The molecule has 6 heteroatoms. The second-order valence-corrected chi connectivity index (χ2v) is 5.74. The number of rotatable bonds is 5. The van der Waals surface area contributed by atoms with Gasteiger partial charge in [-0.3, -0.25) is 4.79 Å². The van der Waals surface area contributed by atoms with E-state index in [0.717, 1.165) is 23.1 Å². The standard InChI is InChI=1S/C19H19FN4O/c1-3-24(2)18-16-10-5-4-9-15(16)17(22-23-18)19(25)21-12-13-7-6-8-14(20)11-13/h4-11H,3,12H2,1-2H3,(H,21,25). The third-order valence-corrected chi connectivity index (χ3v) is 4.06. The molecule has 128 valence electrons. The highest BCUT2D eigenvalue weighted by molar-refractivity contribution is 6.07. The van der Waals surface area contributed by atoms with Gasteiger partial charge in [-0.15, -0.1) is 10.2 Å². The smallest absolute Gasteiger partial charge is 0.272 e. The van der Waals surface area contributed by atoms with Crippen LogP contribution in [0.1, 0.15) is 23.0 Å². The van der Waals surface area contributed by atoms with Gasteiger partial charge >= 0.3 is 0 Å². The third kappa shape index (κ3) is 3.57. The Hall–Kier alpha value is -3.02. The molecule has 0 saturated heterocycles. The van der Waals surface area contributed by atoms with Crippen LogP contribution in [0.25, 0.3) is 10.8 Å². The lowest BCUT2D eigenvalue weighted by Gasteiger charge is -2.17. The van der Waals surface area contributed by atoms with Gasteiger partial charge in [0, 0.05) is 30.9 Å². The van der Waals surface area contributed by atoms with Crippen LogP contribution in [0.2, 0.25) is 0 Å². The number of aromatic nitrogens is 2. The van der Waals surface area contributed by atoms with Gasteiger partial charge in [-0.2, -0.15) is 0 Å². The van der Waals surface area contributed by atoms with Crippen molar-refractivity contribution in [3.8, 4) is 0 Å². The molecule has 3 rings (SSSR count). The van der Waals surface area contributed by atoms with Crippen LogP contribution in [0.15, 0.2) is 48.5 Å². The quantitative estimate of drug-likeness (QED) is 0.776. The summed E-state index contributed by atoms with van der Waals surface area (Å²) in [4.78, 5) is 14.5. The molecular weight excluding hydrogens is 319 g/mol. The minimum Gasteiger partial charge on any atom is -0.358 e. The number of amides is 1. The highest BCUT2D eigenvalue weighted by atomic mass is 19.1. The Labute approximate surface area is 145 Å². The number of carbonyl (C=O) groups is 1. The van der Waals surface area contributed by atoms with Crippen molar-refractivity contribution in [1.29, 1.82) is 0 Å². The second kappa shape index (κ2) is 7.25. The van der Waals surface area contributed by atoms with Crippen LogP contribution in [0, 0.1) is 5.82 Å². The maximum absolute atomic E-state index is 13.2. The number of hydrogen-bond acceptors (Lipinski definition) is 4. The number of nitrogens with one attached hydrogen (secondary N) is 1. The summed E-state index contributed by atoms with van der Waals surface area (Å²) in [5.74, 6) is 0.0717. The zero-order valence-corrected chi connectivity index (χ0v) is 14.2. The molecule has 3 aromatic rings. The van der Waals surface area contributed by atoms with E-state index in [1.807, 2.05) is 43.1 Å². The van der Waals surface area contributed by atoms with E-state index in [1.165, 1.54) is 12.1 Å². The van der Waals surface area contributed by atoms with Gasteiger partial charge in [-0.1, -0.05) is 36.4 Å². The van der Waals surface area contributed by atoms with Crippen LogP contribution in [0.5, 0.6) is 0 Å². The van der Waals surface area contributed by atoms with Gasteiger partial charge in [0.15, 0.2) is 11.5 Å². The highest BCUT2D eigenvalue weighted by Crippen LogP contribution is 2.25. The number of anilines is 1. The van der Waals surface area contributed by atoms with Crippen LogP contribution < -0.4 is 10.2 Å². The van der Waals surface area contributed by atoms with Crippen LogP contribution in [0.4, 0.5) is 10.2 Å². The van der Waals surface area contributed by atoms with Crippen molar-refractivity contribution in [3.63, 3.8) is 0 Å². The maximum Gasteiger partial charge on any atom is 0.272 e. The fourth-order valence-electron chi connectivity index (χ4n) is 2.60. The van der Waals surface area contributed by atoms with E-state index in [0.29, 0.717) is 5.56 Å². The molecule has 0 bridgehead atoms. The molecule has 0 aliphatic heterocycles. The topological polar surface area (TPSA) is 58.1 Å². The molecule has 1 amide bonds. The summed E-state index contributed by atoms with van der Waals surface area (Å²) in [7, 11) is 1.93. The summed E-state index contributed by atoms with van der Waals surface area (Å²) in [6, 6.07) is 13.7. The fraction of sp³-hybridized carbons (Fsp3) is 0.211. The number of carbonyl (C=O) groups excluding carboxylic acids is 1. The first-order chi connectivity index (χ1) is 12.1. The summed E-state index contributed by atoms with van der Waals surface area (Å²) >= 11 is 0. The highest BCUT2D eigenvalue weighted by Gasteiger charge is 2.16. The van der Waals surface area contributed by atoms with E-state index >= 15 is 0 Å². The molecule has 1 heterocycles. The van der Waals surface area contributed by atoms with Crippen molar-refractivity contribution < 1.29 is 9.18 Å². The molecule has 0 atom stereocenters. The van der Waals surface area contributed by atoms with E-state index in [2.05, 4.69) is 15.5 Å². The monoisotopic (exact) mass is 338 g/mol. The Bertz CT molecular complexity index is 913. The zero-order valence-electron chi connectivity index (χ0n) is 14.2. The molecule has 1 aromatic heterocycles. The number of halogens is 1. The lowest BCUT2D eigenvalue weighted by molar-refractivity contribution is 0.0947. The van der Waals surface area contributed by atoms with Crippen LogP contribution in [-0.2, 0) is 6.54 Å². The number of fused-ring (bicyclic) bond motifs is 1.